The number of nitrogens with one attached hydrogen (secondary N) is 2. The molecule has 0 atom stereocenters. The average molecular weight is 643 g/mol. The van der Waals surface area contributed by atoms with Gasteiger partial charge in [0.2, 0.25) is 0 Å². The molecule has 1 heterocycles. The third-order valence-corrected chi connectivity index (χ3v) is 6.63. The van der Waals surface area contributed by atoms with Gasteiger partial charge < -0.3 is 19.5 Å². The van der Waals surface area contributed by atoms with Gasteiger partial charge in [0.05, 0.1) is 40.7 Å². The predicted octanol–water partition coefficient (Wildman–Crippen LogP) is 4.58. The van der Waals surface area contributed by atoms with Crippen molar-refractivity contribution in [3.63, 3.8) is 0 Å². The first-order valence-corrected chi connectivity index (χ1v) is 12.9. The molecule has 0 spiro atoms. The van der Waals surface area contributed by atoms with Crippen molar-refractivity contribution in [1.29, 1.82) is 0 Å². The molecule has 13 heteroatoms. The number of rotatable bonds is 8. The Kier molecular flexibility index (Phi) is 9.05. The van der Waals surface area contributed by atoms with Gasteiger partial charge in [-0.05, 0) is 76.1 Å². The molecule has 3 aromatic carbocycles. The molecule has 0 unspecified atom stereocenters. The molecule has 0 aromatic heterocycles. The van der Waals surface area contributed by atoms with E-state index < -0.39 is 29.7 Å². The Hall–Kier alpha value is -4.68. The molecule has 11 nitrogen and oxygen atoms in total. The topological polar surface area (TPSA) is 140 Å². The maximum atomic E-state index is 13.2. The maximum Gasteiger partial charge on any atom is 0.337 e. The Bertz CT molecular complexity index is 1590. The summed E-state index contributed by atoms with van der Waals surface area (Å²) in [6.45, 7) is -0.368. The summed E-state index contributed by atoms with van der Waals surface area (Å²) in [7, 11) is 2.61. The van der Waals surface area contributed by atoms with Crippen LogP contribution in [0.1, 0.15) is 15.9 Å². The van der Waals surface area contributed by atoms with Crippen LogP contribution in [0, 0.1) is 0 Å². The second kappa shape index (κ2) is 12.7. The van der Waals surface area contributed by atoms with E-state index in [9.17, 15) is 24.0 Å². The summed E-state index contributed by atoms with van der Waals surface area (Å²) in [5.74, 6) is -2.43. The van der Waals surface area contributed by atoms with Crippen molar-refractivity contribution in [3.05, 3.63) is 86.9 Å². The van der Waals surface area contributed by atoms with Crippen molar-refractivity contribution in [3.8, 4) is 11.5 Å². The minimum absolute atomic E-state index is 0.135. The van der Waals surface area contributed by atoms with Crippen LogP contribution in [-0.2, 0) is 19.1 Å². The fraction of sp³-hybridized carbons (Fsp3) is 0.107. The first kappa shape index (κ1) is 29.3. The monoisotopic (exact) mass is 641 g/mol. The number of hydrogen-bond donors (Lipinski definition) is 2. The molecule has 1 saturated heterocycles. The fourth-order valence-corrected chi connectivity index (χ4v) is 4.53. The molecule has 0 bridgehead atoms. The number of imide groups is 2. The van der Waals surface area contributed by atoms with Gasteiger partial charge in [0.1, 0.15) is 5.57 Å². The number of amides is 5. The Morgan fingerprint density at radius 1 is 1.05 bits per heavy atom. The molecule has 5 amide bonds. The summed E-state index contributed by atoms with van der Waals surface area (Å²) in [5, 5.41) is 5.15. The molecular weight excluding hydrogens is 622 g/mol. The highest BCUT2D eigenvalue weighted by Gasteiger charge is 2.37. The fourth-order valence-electron chi connectivity index (χ4n) is 3.77. The number of methoxy groups -OCH3 is 2. The van der Waals surface area contributed by atoms with Gasteiger partial charge in [-0.15, -0.1) is 0 Å². The average Bonchev–Trinajstić information content (AvgIpc) is 2.95. The van der Waals surface area contributed by atoms with Crippen LogP contribution in [0.2, 0.25) is 5.02 Å². The molecule has 3 aromatic rings. The molecule has 0 aliphatic carbocycles. The van der Waals surface area contributed by atoms with Crippen molar-refractivity contribution in [2.45, 2.75) is 0 Å². The SMILES string of the molecule is COC(=O)c1ccc(N2C(=O)NC(=O)/C(=C/c3cc(Br)c(OCC(=O)Nc4ccccc4Cl)c(OC)c3)C2=O)cc1. The molecule has 41 heavy (non-hydrogen) atoms. The molecule has 4 rings (SSSR count). The molecule has 1 aliphatic rings. The minimum Gasteiger partial charge on any atom is -0.493 e. The van der Waals surface area contributed by atoms with E-state index in [4.69, 9.17) is 21.1 Å². The number of barbiturate groups is 1. The van der Waals surface area contributed by atoms with Crippen molar-refractivity contribution in [1.82, 2.24) is 5.32 Å². The smallest absolute Gasteiger partial charge is 0.337 e. The third kappa shape index (κ3) is 6.56. The van der Waals surface area contributed by atoms with Crippen LogP contribution in [0.25, 0.3) is 6.08 Å². The zero-order valence-electron chi connectivity index (χ0n) is 21.5. The lowest BCUT2D eigenvalue weighted by atomic mass is 10.1. The molecule has 0 saturated carbocycles. The Balaban J connectivity index is 1.56. The highest BCUT2D eigenvalue weighted by Crippen LogP contribution is 2.37. The van der Waals surface area contributed by atoms with Gasteiger partial charge in [0.25, 0.3) is 17.7 Å². The van der Waals surface area contributed by atoms with E-state index in [1.54, 1.807) is 30.3 Å². The van der Waals surface area contributed by atoms with Gasteiger partial charge in [-0.1, -0.05) is 23.7 Å². The number of para-hydroxylation sites is 1. The van der Waals surface area contributed by atoms with Gasteiger partial charge in [0.15, 0.2) is 18.1 Å². The molecule has 2 N–H and O–H groups in total. The number of halogens is 2. The van der Waals surface area contributed by atoms with Gasteiger partial charge in [0, 0.05) is 0 Å². The van der Waals surface area contributed by atoms with E-state index in [1.807, 2.05) is 0 Å². The Labute approximate surface area is 247 Å². The quantitative estimate of drug-likeness (QED) is 0.207. The highest BCUT2D eigenvalue weighted by molar-refractivity contribution is 9.10. The lowest BCUT2D eigenvalue weighted by Crippen LogP contribution is -2.54. The van der Waals surface area contributed by atoms with E-state index in [0.717, 1.165) is 4.90 Å². The third-order valence-electron chi connectivity index (χ3n) is 5.71. The van der Waals surface area contributed by atoms with Crippen LogP contribution < -0.4 is 25.0 Å². The van der Waals surface area contributed by atoms with Crippen LogP contribution in [0.5, 0.6) is 11.5 Å². The second-order valence-electron chi connectivity index (χ2n) is 8.35. The number of hydrogen-bond acceptors (Lipinski definition) is 8. The van der Waals surface area contributed by atoms with Crippen molar-refractivity contribution >= 4 is 74.7 Å². The number of nitrogens with zero attached hydrogens (tertiary/aromatic N) is 1. The Morgan fingerprint density at radius 3 is 2.41 bits per heavy atom. The molecule has 1 aliphatic heterocycles. The zero-order valence-corrected chi connectivity index (χ0v) is 23.9. The second-order valence-corrected chi connectivity index (χ2v) is 9.61. The number of benzene rings is 3. The van der Waals surface area contributed by atoms with Crippen molar-refractivity contribution in [2.24, 2.45) is 0 Å². The zero-order chi connectivity index (χ0) is 29.7. The first-order valence-electron chi connectivity index (χ1n) is 11.8. The molecule has 0 radical (unpaired) electrons. The lowest BCUT2D eigenvalue weighted by molar-refractivity contribution is -0.122. The van der Waals surface area contributed by atoms with Gasteiger partial charge in [-0.3, -0.25) is 19.7 Å². The highest BCUT2D eigenvalue weighted by atomic mass is 79.9. The summed E-state index contributed by atoms with van der Waals surface area (Å²) < 4.78 is 16.1. The van der Waals surface area contributed by atoms with E-state index >= 15 is 0 Å². The number of urea groups is 1. The van der Waals surface area contributed by atoms with E-state index in [2.05, 4.69) is 31.3 Å². The van der Waals surface area contributed by atoms with Crippen LogP contribution in [0.15, 0.2) is 70.7 Å². The van der Waals surface area contributed by atoms with Crippen molar-refractivity contribution < 1.29 is 38.2 Å². The standard InChI is InChI=1S/C28H21BrClN3O8/c1-39-22-13-15(12-19(29)24(22)41-14-23(34)31-21-6-4-3-5-20(21)30)11-18-25(35)32-28(38)33(26(18)36)17-9-7-16(8-10-17)27(37)40-2/h3-13H,14H2,1-2H3,(H,31,34)(H,32,35,38)/b18-11-. The van der Waals surface area contributed by atoms with Gasteiger partial charge >= 0.3 is 12.0 Å². The normalized spacial score (nSPS) is 14.0. The summed E-state index contributed by atoms with van der Waals surface area (Å²) >= 11 is 9.44. The maximum absolute atomic E-state index is 13.2. The Morgan fingerprint density at radius 2 is 1.76 bits per heavy atom. The van der Waals surface area contributed by atoms with E-state index in [-0.39, 0.29) is 34.9 Å². The summed E-state index contributed by atoms with van der Waals surface area (Å²) in [6.07, 6.45) is 1.28. The summed E-state index contributed by atoms with van der Waals surface area (Å²) in [5.41, 5.74) is 0.807. The number of esters is 1. The number of carbonyl (C=O) groups is 5. The van der Waals surface area contributed by atoms with Crippen LogP contribution in [-0.4, -0.2) is 50.5 Å². The summed E-state index contributed by atoms with van der Waals surface area (Å²) in [6, 6.07) is 14.4. The van der Waals surface area contributed by atoms with Gasteiger partial charge in [-0.2, -0.15) is 0 Å². The molecular formula is C28H21BrClN3O8. The predicted molar refractivity (Wildman–Crippen MR) is 153 cm³/mol. The van der Waals surface area contributed by atoms with E-state index in [1.165, 1.54) is 50.6 Å². The largest absolute Gasteiger partial charge is 0.493 e. The molecule has 210 valence electrons. The number of anilines is 2. The summed E-state index contributed by atoms with van der Waals surface area (Å²) in [4.78, 5) is 63.2. The van der Waals surface area contributed by atoms with Crippen LogP contribution >= 0.6 is 27.5 Å². The van der Waals surface area contributed by atoms with E-state index in [0.29, 0.717) is 20.7 Å². The van der Waals surface area contributed by atoms with Crippen molar-refractivity contribution in [2.75, 3.05) is 31.0 Å². The molecule has 1 fully saturated rings. The number of carbonyl (C=O) groups excluding carboxylic acids is 5. The number of ether oxygens (including phenoxy) is 3. The first-order chi connectivity index (χ1) is 19.6. The lowest BCUT2D eigenvalue weighted by Gasteiger charge is -2.26. The van der Waals surface area contributed by atoms with Crippen LogP contribution in [0.3, 0.4) is 0 Å². The minimum atomic E-state index is -0.944. The van der Waals surface area contributed by atoms with Crippen LogP contribution in [0.4, 0.5) is 16.2 Å². The van der Waals surface area contributed by atoms with Gasteiger partial charge in [-0.25, -0.2) is 14.5 Å².